The summed E-state index contributed by atoms with van der Waals surface area (Å²) in [6.07, 6.45) is 1.68. The molecule has 0 saturated heterocycles. The predicted molar refractivity (Wildman–Crippen MR) is 125 cm³/mol. The first-order valence-electron chi connectivity index (χ1n) is 10.2. The number of carbonyl (C=O) groups excluding carboxylic acids is 1. The van der Waals surface area contributed by atoms with Crippen molar-refractivity contribution in [3.05, 3.63) is 65.5 Å². The molecule has 0 aliphatic heterocycles. The van der Waals surface area contributed by atoms with E-state index < -0.39 is 38.9 Å². The maximum Gasteiger partial charge on any atom is 0.501 e. The first kappa shape index (κ1) is 25.6. The van der Waals surface area contributed by atoms with Gasteiger partial charge in [0.1, 0.15) is 6.10 Å². The SMILES string of the molecule is Cc1cc([C@@H](O)CO)cnc1-c1ccc(C(=O)Nc2nc3ccc(S(=O)(=O)C(F)(F)F)cc3s2)cn1. The number of alkyl halides is 3. The van der Waals surface area contributed by atoms with Gasteiger partial charge in [-0.15, -0.1) is 0 Å². The first-order chi connectivity index (χ1) is 16.9. The Morgan fingerprint density at radius 1 is 1.14 bits per heavy atom. The number of rotatable bonds is 6. The summed E-state index contributed by atoms with van der Waals surface area (Å²) in [7, 11) is -5.51. The molecule has 9 nitrogen and oxygen atoms in total. The second kappa shape index (κ2) is 9.54. The summed E-state index contributed by atoms with van der Waals surface area (Å²) < 4.78 is 61.9. The molecule has 4 aromatic rings. The molecule has 0 saturated carbocycles. The highest BCUT2D eigenvalue weighted by Crippen LogP contribution is 2.34. The number of amides is 1. The van der Waals surface area contributed by atoms with Crippen LogP contribution in [0.4, 0.5) is 18.3 Å². The minimum absolute atomic E-state index is 0.0659. The highest BCUT2D eigenvalue weighted by Gasteiger charge is 2.47. The van der Waals surface area contributed by atoms with E-state index >= 15 is 0 Å². The lowest BCUT2D eigenvalue weighted by molar-refractivity contribution is -0.0436. The van der Waals surface area contributed by atoms with E-state index in [1.165, 1.54) is 18.5 Å². The molecule has 1 atom stereocenters. The lowest BCUT2D eigenvalue weighted by Gasteiger charge is -2.11. The molecule has 0 bridgehead atoms. The molecule has 4 rings (SSSR count). The average Bonchev–Trinajstić information content (AvgIpc) is 3.24. The normalized spacial score (nSPS) is 13.1. The Morgan fingerprint density at radius 3 is 2.50 bits per heavy atom. The molecule has 0 spiro atoms. The van der Waals surface area contributed by atoms with Gasteiger partial charge in [-0.05, 0) is 48.9 Å². The van der Waals surface area contributed by atoms with Crippen LogP contribution in [0.1, 0.15) is 27.6 Å². The minimum atomic E-state index is -5.51. The third-order valence-electron chi connectivity index (χ3n) is 5.12. The van der Waals surface area contributed by atoms with Crippen molar-refractivity contribution in [2.75, 3.05) is 11.9 Å². The molecule has 0 fully saturated rings. The Balaban J connectivity index is 1.52. The summed E-state index contributed by atoms with van der Waals surface area (Å²) in [4.78, 5) is 24.3. The number of aliphatic hydroxyl groups excluding tert-OH is 2. The number of thiazole rings is 1. The van der Waals surface area contributed by atoms with E-state index in [0.717, 1.165) is 29.5 Å². The predicted octanol–water partition coefficient (Wildman–Crippen LogP) is 3.63. The molecule has 0 aliphatic carbocycles. The van der Waals surface area contributed by atoms with Gasteiger partial charge in [0, 0.05) is 18.0 Å². The Kier molecular flexibility index (Phi) is 6.79. The molecule has 0 aliphatic rings. The van der Waals surface area contributed by atoms with Crippen LogP contribution in [-0.4, -0.2) is 51.6 Å². The van der Waals surface area contributed by atoms with Crippen molar-refractivity contribution >= 4 is 42.4 Å². The van der Waals surface area contributed by atoms with Crippen LogP contribution in [0.5, 0.6) is 0 Å². The molecule has 36 heavy (non-hydrogen) atoms. The third-order valence-corrected chi connectivity index (χ3v) is 7.54. The van der Waals surface area contributed by atoms with E-state index in [9.17, 15) is 31.5 Å². The number of hydrogen-bond donors (Lipinski definition) is 3. The van der Waals surface area contributed by atoms with Crippen molar-refractivity contribution in [1.29, 1.82) is 0 Å². The number of nitrogens with one attached hydrogen (secondary N) is 1. The minimum Gasteiger partial charge on any atom is -0.393 e. The summed E-state index contributed by atoms with van der Waals surface area (Å²) in [5, 5.41) is 21.4. The summed E-state index contributed by atoms with van der Waals surface area (Å²) in [5.41, 5.74) is -2.90. The van der Waals surface area contributed by atoms with Gasteiger partial charge in [0.2, 0.25) is 0 Å². The van der Waals surface area contributed by atoms with Crippen LogP contribution >= 0.6 is 11.3 Å². The molecule has 0 unspecified atom stereocenters. The molecule has 188 valence electrons. The molecule has 1 amide bonds. The Bertz CT molecular complexity index is 1550. The van der Waals surface area contributed by atoms with Crippen LogP contribution in [0.2, 0.25) is 0 Å². The maximum atomic E-state index is 12.8. The Labute approximate surface area is 206 Å². The van der Waals surface area contributed by atoms with Gasteiger partial charge in [-0.2, -0.15) is 13.2 Å². The van der Waals surface area contributed by atoms with Crippen molar-refractivity contribution in [2.45, 2.75) is 23.4 Å². The quantitative estimate of drug-likeness (QED) is 0.338. The highest BCUT2D eigenvalue weighted by molar-refractivity contribution is 7.92. The van der Waals surface area contributed by atoms with Gasteiger partial charge in [-0.1, -0.05) is 11.3 Å². The second-order valence-electron chi connectivity index (χ2n) is 7.62. The summed E-state index contributed by atoms with van der Waals surface area (Å²) >= 11 is 0.825. The van der Waals surface area contributed by atoms with Crippen LogP contribution in [0.25, 0.3) is 21.6 Å². The smallest absolute Gasteiger partial charge is 0.393 e. The maximum absolute atomic E-state index is 12.8. The number of halogens is 3. The van der Waals surface area contributed by atoms with E-state index in [1.54, 1.807) is 19.1 Å². The van der Waals surface area contributed by atoms with E-state index in [4.69, 9.17) is 5.11 Å². The van der Waals surface area contributed by atoms with Crippen molar-refractivity contribution < 1.29 is 36.6 Å². The summed E-state index contributed by atoms with van der Waals surface area (Å²) in [6, 6.07) is 7.55. The number of nitrogens with zero attached hydrogens (tertiary/aromatic N) is 3. The molecular formula is C22H17F3N4O5S2. The molecular weight excluding hydrogens is 521 g/mol. The summed E-state index contributed by atoms with van der Waals surface area (Å²) in [6.45, 7) is 1.32. The highest BCUT2D eigenvalue weighted by atomic mass is 32.2. The number of pyridine rings is 2. The molecule has 14 heteroatoms. The largest absolute Gasteiger partial charge is 0.501 e. The molecule has 0 radical (unpaired) electrons. The van der Waals surface area contributed by atoms with Crippen molar-refractivity contribution in [3.8, 4) is 11.4 Å². The van der Waals surface area contributed by atoms with E-state index in [0.29, 0.717) is 22.5 Å². The van der Waals surface area contributed by atoms with E-state index in [-0.39, 0.29) is 20.9 Å². The van der Waals surface area contributed by atoms with Gasteiger partial charge in [0.15, 0.2) is 5.13 Å². The number of aromatic nitrogens is 3. The van der Waals surface area contributed by atoms with Gasteiger partial charge in [-0.25, -0.2) is 13.4 Å². The lowest BCUT2D eigenvalue weighted by atomic mass is 10.1. The zero-order valence-electron chi connectivity index (χ0n) is 18.3. The van der Waals surface area contributed by atoms with Crippen molar-refractivity contribution in [1.82, 2.24) is 15.0 Å². The zero-order chi connectivity index (χ0) is 26.3. The fourth-order valence-electron chi connectivity index (χ4n) is 3.25. The molecule has 3 aromatic heterocycles. The number of aliphatic hydroxyl groups is 2. The van der Waals surface area contributed by atoms with Crippen LogP contribution in [0, 0.1) is 6.92 Å². The fraction of sp³-hybridized carbons (Fsp3) is 0.182. The van der Waals surface area contributed by atoms with Crippen molar-refractivity contribution in [3.63, 3.8) is 0 Å². The average molecular weight is 539 g/mol. The molecule has 1 aromatic carbocycles. The van der Waals surface area contributed by atoms with Gasteiger partial charge >= 0.3 is 5.51 Å². The van der Waals surface area contributed by atoms with Crippen LogP contribution in [0.15, 0.2) is 53.7 Å². The standard InChI is InChI=1S/C22H17F3N4O5S2/c1-11-6-13(17(31)10-30)9-27-19(11)16-4-2-12(8-26-16)20(32)29-21-28-15-5-3-14(7-18(15)35-21)36(33,34)22(23,24)25/h2-9,17,30-31H,10H2,1H3,(H,28,29,32)/t17-/m0/s1. The number of hydrogen-bond acceptors (Lipinski definition) is 9. The fourth-order valence-corrected chi connectivity index (χ4v) is 5.01. The van der Waals surface area contributed by atoms with E-state index in [1.807, 2.05) is 0 Å². The number of carbonyl (C=O) groups is 1. The number of benzene rings is 1. The Morgan fingerprint density at radius 2 is 1.89 bits per heavy atom. The van der Waals surface area contributed by atoms with Crippen molar-refractivity contribution in [2.24, 2.45) is 0 Å². The second-order valence-corrected chi connectivity index (χ2v) is 10.6. The number of anilines is 1. The van der Waals surface area contributed by atoms with Crippen LogP contribution in [-0.2, 0) is 9.84 Å². The Hall–Kier alpha value is -3.46. The van der Waals surface area contributed by atoms with Gasteiger partial charge in [0.25, 0.3) is 15.7 Å². The van der Waals surface area contributed by atoms with Crippen LogP contribution in [0.3, 0.4) is 0 Å². The number of aryl methyl sites for hydroxylation is 1. The molecule has 3 N–H and O–H groups in total. The van der Waals surface area contributed by atoms with E-state index in [2.05, 4.69) is 20.3 Å². The number of fused-ring (bicyclic) bond motifs is 1. The van der Waals surface area contributed by atoms with Gasteiger partial charge in [0.05, 0.1) is 38.7 Å². The summed E-state index contributed by atoms with van der Waals surface area (Å²) in [5.74, 6) is -0.581. The monoisotopic (exact) mass is 538 g/mol. The van der Waals surface area contributed by atoms with Crippen LogP contribution < -0.4 is 5.32 Å². The topological polar surface area (TPSA) is 142 Å². The first-order valence-corrected chi connectivity index (χ1v) is 12.5. The van der Waals surface area contributed by atoms with Gasteiger partial charge in [-0.3, -0.25) is 20.1 Å². The van der Waals surface area contributed by atoms with Gasteiger partial charge < -0.3 is 10.2 Å². The third kappa shape index (κ3) is 4.93. The molecule has 3 heterocycles. The number of sulfone groups is 1. The lowest BCUT2D eigenvalue weighted by Crippen LogP contribution is -2.23. The zero-order valence-corrected chi connectivity index (χ0v) is 19.9.